The molecule has 5 nitrogen and oxygen atoms in total. The molecule has 0 radical (unpaired) electrons. The molecule has 2 aliphatic rings. The number of nitrogens with one attached hydrogen (secondary N) is 1. The number of carbonyl (C=O) groups excluding carboxylic acids is 1. The Morgan fingerprint density at radius 2 is 2.28 bits per heavy atom. The van der Waals surface area contributed by atoms with Crippen LogP contribution in [0.15, 0.2) is 23.2 Å². The van der Waals surface area contributed by atoms with E-state index in [4.69, 9.17) is 10.00 Å². The minimum absolute atomic E-state index is 0.177. The van der Waals surface area contributed by atoms with Gasteiger partial charge in [0.1, 0.15) is 5.60 Å². The first-order valence-electron chi connectivity index (χ1n) is 8.94. The lowest BCUT2D eigenvalue weighted by Crippen LogP contribution is -2.43. The number of nitriles is 1. The number of rotatable bonds is 4. The average Bonchev–Trinajstić information content (AvgIpc) is 2.92. The quantitative estimate of drug-likeness (QED) is 0.826. The van der Waals surface area contributed by atoms with Gasteiger partial charge in [-0.15, -0.1) is 0 Å². The van der Waals surface area contributed by atoms with E-state index in [9.17, 15) is 4.79 Å². The van der Waals surface area contributed by atoms with Gasteiger partial charge in [0.25, 0.3) is 0 Å². The summed E-state index contributed by atoms with van der Waals surface area (Å²) < 4.78 is 5.59. The summed E-state index contributed by atoms with van der Waals surface area (Å²) in [6.45, 7) is 4.90. The largest absolute Gasteiger partial charge is 0.441 e. The van der Waals surface area contributed by atoms with Crippen LogP contribution >= 0.6 is 0 Å². The topological polar surface area (TPSA) is 74.5 Å². The second-order valence-electron chi connectivity index (χ2n) is 7.73. The molecule has 2 atom stereocenters. The van der Waals surface area contributed by atoms with Crippen molar-refractivity contribution >= 4 is 18.0 Å². The number of carbonyl (C=O) groups is 1. The molecule has 2 unspecified atom stereocenters. The number of benzene rings is 1. The summed E-state index contributed by atoms with van der Waals surface area (Å²) in [6, 6.07) is 7.70. The Hall–Kier alpha value is -2.35. The molecule has 1 spiro atoms. The Morgan fingerprint density at radius 1 is 1.44 bits per heavy atom. The first kappa shape index (κ1) is 17.5. The smallest absolute Gasteiger partial charge is 0.407 e. The number of aryl methyl sites for hydroxylation is 1. The Kier molecular flexibility index (Phi) is 4.80. The molecule has 0 aromatic heterocycles. The Morgan fingerprint density at radius 3 is 2.96 bits per heavy atom. The molecular formula is C20H25N3O2. The van der Waals surface area contributed by atoms with Crippen molar-refractivity contribution in [2.24, 2.45) is 10.4 Å². The molecule has 1 aromatic rings. The third-order valence-corrected chi connectivity index (χ3v) is 5.46. The van der Waals surface area contributed by atoms with E-state index in [0.717, 1.165) is 49.8 Å². The Bertz CT molecular complexity index is 737. The molecule has 1 aliphatic heterocycles. The minimum atomic E-state index is -0.301. The van der Waals surface area contributed by atoms with Crippen LogP contribution in [-0.2, 0) is 4.74 Å². The first-order chi connectivity index (χ1) is 11.9. The second kappa shape index (κ2) is 6.87. The van der Waals surface area contributed by atoms with Gasteiger partial charge >= 0.3 is 6.09 Å². The molecule has 5 heteroatoms. The number of nitrogens with zero attached hydrogens (tertiary/aromatic N) is 2. The number of ether oxygens (including phenoxy) is 1. The number of aliphatic imine (C=N–C) groups is 1. The van der Waals surface area contributed by atoms with Crippen molar-refractivity contribution < 1.29 is 9.53 Å². The lowest BCUT2D eigenvalue weighted by molar-refractivity contribution is -0.0233. The Labute approximate surface area is 149 Å². The molecule has 25 heavy (non-hydrogen) atoms. The SMILES string of the molecule is Cc1cc(C#N)ccc1N=CCCC1(C)CCCC2(CNC(=O)O2)C1. The van der Waals surface area contributed by atoms with Crippen LogP contribution in [0.5, 0.6) is 0 Å². The van der Waals surface area contributed by atoms with Crippen LogP contribution in [0, 0.1) is 23.7 Å². The maximum absolute atomic E-state index is 11.4. The predicted molar refractivity (Wildman–Crippen MR) is 97.1 cm³/mol. The van der Waals surface area contributed by atoms with E-state index in [0.29, 0.717) is 12.1 Å². The maximum atomic E-state index is 11.4. The summed E-state index contributed by atoms with van der Waals surface area (Å²) in [4.78, 5) is 16.0. The standard InChI is InChI=1S/C20H25N3O2/c1-15-11-16(12-21)5-6-17(15)22-10-4-8-19(2)7-3-9-20(13-19)14-23-18(24)25-20/h5-6,10-11H,3-4,7-9,13-14H2,1-2H3,(H,23,24). The summed E-state index contributed by atoms with van der Waals surface area (Å²) in [6.07, 6.45) is 7.76. The molecule has 2 fully saturated rings. The fourth-order valence-electron chi connectivity index (χ4n) is 4.19. The first-order valence-corrected chi connectivity index (χ1v) is 8.94. The number of hydrogen-bond donors (Lipinski definition) is 1. The monoisotopic (exact) mass is 339 g/mol. The van der Waals surface area contributed by atoms with Crippen molar-refractivity contribution in [2.75, 3.05) is 6.54 Å². The fraction of sp³-hybridized carbons (Fsp3) is 0.550. The van der Waals surface area contributed by atoms with Gasteiger partial charge in [0, 0.05) is 6.21 Å². The minimum Gasteiger partial charge on any atom is -0.441 e. The lowest BCUT2D eigenvalue weighted by Gasteiger charge is -2.42. The van der Waals surface area contributed by atoms with Gasteiger partial charge in [-0.3, -0.25) is 4.99 Å². The van der Waals surface area contributed by atoms with Crippen molar-refractivity contribution in [1.29, 1.82) is 5.26 Å². The van der Waals surface area contributed by atoms with Crippen LogP contribution in [0.1, 0.15) is 56.6 Å². The highest BCUT2D eigenvalue weighted by Gasteiger charge is 2.47. The number of alkyl carbamates (subject to hydrolysis) is 1. The summed E-state index contributed by atoms with van der Waals surface area (Å²) in [5.41, 5.74) is 2.47. The fourth-order valence-corrected chi connectivity index (χ4v) is 4.19. The second-order valence-corrected chi connectivity index (χ2v) is 7.73. The molecule has 1 saturated carbocycles. The summed E-state index contributed by atoms with van der Waals surface area (Å²) in [5.74, 6) is 0. The van der Waals surface area contributed by atoms with Crippen LogP contribution in [0.25, 0.3) is 0 Å². The normalized spacial score (nSPS) is 28.8. The predicted octanol–water partition coefficient (Wildman–Crippen LogP) is 4.41. The highest BCUT2D eigenvalue weighted by Crippen LogP contribution is 2.46. The molecular weight excluding hydrogens is 314 g/mol. The maximum Gasteiger partial charge on any atom is 0.407 e. The van der Waals surface area contributed by atoms with E-state index < -0.39 is 0 Å². The molecule has 1 aromatic carbocycles. The van der Waals surface area contributed by atoms with Crippen LogP contribution < -0.4 is 5.32 Å². The van der Waals surface area contributed by atoms with Crippen LogP contribution in [0.3, 0.4) is 0 Å². The molecule has 132 valence electrons. The van der Waals surface area contributed by atoms with E-state index in [2.05, 4.69) is 23.3 Å². The van der Waals surface area contributed by atoms with Gasteiger partial charge in [-0.25, -0.2) is 4.79 Å². The van der Waals surface area contributed by atoms with E-state index in [1.165, 1.54) is 0 Å². The molecule has 3 rings (SSSR count). The van der Waals surface area contributed by atoms with Gasteiger partial charge in [0.15, 0.2) is 0 Å². The molecule has 1 heterocycles. The van der Waals surface area contributed by atoms with Gasteiger partial charge in [0.2, 0.25) is 0 Å². The number of hydrogen-bond acceptors (Lipinski definition) is 4. The van der Waals surface area contributed by atoms with Gasteiger partial charge in [-0.05, 0) is 74.6 Å². The van der Waals surface area contributed by atoms with E-state index in [-0.39, 0.29) is 17.1 Å². The highest BCUT2D eigenvalue weighted by molar-refractivity contribution is 5.70. The molecule has 1 N–H and O–H groups in total. The number of amides is 1. The Balaban J connectivity index is 1.58. The zero-order valence-corrected chi connectivity index (χ0v) is 15.0. The van der Waals surface area contributed by atoms with Crippen LogP contribution in [0.2, 0.25) is 0 Å². The van der Waals surface area contributed by atoms with Crippen molar-refractivity contribution in [1.82, 2.24) is 5.32 Å². The van der Waals surface area contributed by atoms with E-state index >= 15 is 0 Å². The van der Waals surface area contributed by atoms with E-state index in [1.54, 1.807) is 6.07 Å². The van der Waals surface area contributed by atoms with Crippen LogP contribution in [0.4, 0.5) is 10.5 Å². The van der Waals surface area contributed by atoms with Gasteiger partial charge in [-0.1, -0.05) is 6.92 Å². The highest BCUT2D eigenvalue weighted by atomic mass is 16.6. The van der Waals surface area contributed by atoms with Gasteiger partial charge in [-0.2, -0.15) is 5.26 Å². The van der Waals surface area contributed by atoms with Gasteiger partial charge < -0.3 is 10.1 Å². The van der Waals surface area contributed by atoms with Crippen molar-refractivity contribution in [3.05, 3.63) is 29.3 Å². The van der Waals surface area contributed by atoms with Crippen molar-refractivity contribution in [3.63, 3.8) is 0 Å². The molecule has 1 aliphatic carbocycles. The summed E-state index contributed by atoms with van der Waals surface area (Å²) >= 11 is 0. The average molecular weight is 339 g/mol. The molecule has 1 saturated heterocycles. The zero-order chi connectivity index (χ0) is 17.9. The summed E-state index contributed by atoms with van der Waals surface area (Å²) in [5, 5.41) is 11.7. The van der Waals surface area contributed by atoms with Gasteiger partial charge in [0.05, 0.1) is 23.9 Å². The zero-order valence-electron chi connectivity index (χ0n) is 15.0. The third-order valence-electron chi connectivity index (χ3n) is 5.46. The van der Waals surface area contributed by atoms with E-state index in [1.807, 2.05) is 25.3 Å². The third kappa shape index (κ3) is 4.01. The van der Waals surface area contributed by atoms with Crippen LogP contribution in [-0.4, -0.2) is 24.5 Å². The van der Waals surface area contributed by atoms with Crippen molar-refractivity contribution in [3.8, 4) is 6.07 Å². The van der Waals surface area contributed by atoms with Crippen molar-refractivity contribution in [2.45, 2.75) is 58.0 Å². The molecule has 1 amide bonds. The molecule has 0 bridgehead atoms. The lowest BCUT2D eigenvalue weighted by atomic mass is 9.66. The summed E-state index contributed by atoms with van der Waals surface area (Å²) in [7, 11) is 0.